The van der Waals surface area contributed by atoms with Crippen LogP contribution in [0.3, 0.4) is 0 Å². The Hall–Kier alpha value is -1.09. The maximum atomic E-state index is 12.9. The van der Waals surface area contributed by atoms with Crippen LogP contribution in [0.1, 0.15) is 17.5 Å². The van der Waals surface area contributed by atoms with Gasteiger partial charge in [-0.2, -0.15) is 0 Å². The molecule has 2 nitrogen and oxygen atoms in total. The number of aliphatic carboxylic acids is 1. The molecule has 0 aliphatic rings. The minimum absolute atomic E-state index is 0.0306. The highest BCUT2D eigenvalue weighted by molar-refractivity contribution is 6.30. The van der Waals surface area contributed by atoms with Crippen molar-refractivity contribution in [3.63, 3.8) is 0 Å². The first-order chi connectivity index (χ1) is 6.50. The summed E-state index contributed by atoms with van der Waals surface area (Å²) in [6.07, 6.45) is 0.407. The van der Waals surface area contributed by atoms with Crippen molar-refractivity contribution in [2.24, 2.45) is 0 Å². The van der Waals surface area contributed by atoms with Crippen LogP contribution in [-0.2, 0) is 11.2 Å². The fraction of sp³-hybridized carbons (Fsp3) is 0.300. The Balaban J connectivity index is 2.87. The Morgan fingerprint density at radius 2 is 2.21 bits per heavy atom. The lowest BCUT2D eigenvalue weighted by Crippen LogP contribution is -1.99. The van der Waals surface area contributed by atoms with Crippen molar-refractivity contribution >= 4 is 17.6 Å². The number of hydrogen-bond donors (Lipinski definition) is 1. The third kappa shape index (κ3) is 2.70. The molecule has 0 spiro atoms. The zero-order chi connectivity index (χ0) is 10.7. The molecule has 14 heavy (non-hydrogen) atoms. The van der Waals surface area contributed by atoms with Gasteiger partial charge in [0.25, 0.3) is 0 Å². The molecule has 0 aliphatic heterocycles. The van der Waals surface area contributed by atoms with Crippen molar-refractivity contribution in [3.05, 3.63) is 34.1 Å². The van der Waals surface area contributed by atoms with E-state index in [-0.39, 0.29) is 11.4 Å². The number of halogens is 2. The second-order valence-electron chi connectivity index (χ2n) is 3.09. The molecular weight excluding hydrogens is 207 g/mol. The molecule has 0 saturated heterocycles. The smallest absolute Gasteiger partial charge is 0.303 e. The third-order valence-corrected chi connectivity index (χ3v) is 2.28. The fourth-order valence-electron chi connectivity index (χ4n) is 1.20. The first-order valence-electron chi connectivity index (χ1n) is 4.17. The number of carboxylic acid groups (broad SMARTS) is 1. The molecule has 76 valence electrons. The molecule has 4 heteroatoms. The standard InChI is InChI=1S/C10H10ClFO2/c1-6-4-9(12)8(11)5-7(6)2-3-10(13)14/h4-5H,2-3H2,1H3,(H,13,14). The number of carbonyl (C=O) groups is 1. The van der Waals surface area contributed by atoms with Crippen molar-refractivity contribution in [2.75, 3.05) is 0 Å². The van der Waals surface area contributed by atoms with Crippen molar-refractivity contribution in [1.29, 1.82) is 0 Å². The van der Waals surface area contributed by atoms with Gasteiger partial charge < -0.3 is 5.11 Å². The summed E-state index contributed by atoms with van der Waals surface area (Å²) >= 11 is 5.58. The summed E-state index contributed by atoms with van der Waals surface area (Å²) in [6.45, 7) is 1.73. The highest BCUT2D eigenvalue weighted by Gasteiger charge is 2.06. The lowest BCUT2D eigenvalue weighted by molar-refractivity contribution is -0.136. The van der Waals surface area contributed by atoms with Gasteiger partial charge in [0.15, 0.2) is 0 Å². The molecule has 0 fully saturated rings. The van der Waals surface area contributed by atoms with E-state index in [0.29, 0.717) is 6.42 Å². The number of hydrogen-bond acceptors (Lipinski definition) is 1. The van der Waals surface area contributed by atoms with Gasteiger partial charge in [-0.05, 0) is 36.6 Å². The monoisotopic (exact) mass is 216 g/mol. The fourth-order valence-corrected chi connectivity index (χ4v) is 1.38. The average molecular weight is 217 g/mol. The van der Waals surface area contributed by atoms with E-state index in [0.717, 1.165) is 11.1 Å². The van der Waals surface area contributed by atoms with E-state index >= 15 is 0 Å². The van der Waals surface area contributed by atoms with Gasteiger partial charge in [0.05, 0.1) is 5.02 Å². The minimum atomic E-state index is -0.871. The molecular formula is C10H10ClFO2. The molecule has 1 aromatic carbocycles. The van der Waals surface area contributed by atoms with E-state index in [2.05, 4.69) is 0 Å². The first-order valence-corrected chi connectivity index (χ1v) is 4.55. The second kappa shape index (κ2) is 4.42. The molecule has 0 bridgehead atoms. The van der Waals surface area contributed by atoms with E-state index in [4.69, 9.17) is 16.7 Å². The van der Waals surface area contributed by atoms with Gasteiger partial charge in [-0.15, -0.1) is 0 Å². The van der Waals surface area contributed by atoms with Gasteiger partial charge in [0, 0.05) is 6.42 Å². The number of carboxylic acids is 1. The number of aryl methyl sites for hydroxylation is 2. The van der Waals surface area contributed by atoms with Crippen molar-refractivity contribution < 1.29 is 14.3 Å². The predicted octanol–water partition coefficient (Wildman–Crippen LogP) is 2.80. The molecule has 1 N–H and O–H groups in total. The number of rotatable bonds is 3. The van der Waals surface area contributed by atoms with Crippen molar-refractivity contribution in [3.8, 4) is 0 Å². The van der Waals surface area contributed by atoms with Crippen LogP contribution in [0.5, 0.6) is 0 Å². The molecule has 0 aliphatic carbocycles. The average Bonchev–Trinajstić information content (AvgIpc) is 2.09. The van der Waals surface area contributed by atoms with Gasteiger partial charge in [-0.1, -0.05) is 11.6 Å². The molecule has 1 aromatic rings. The van der Waals surface area contributed by atoms with Crippen LogP contribution < -0.4 is 0 Å². The summed E-state index contributed by atoms with van der Waals surface area (Å²) in [5, 5.41) is 8.52. The number of benzene rings is 1. The van der Waals surface area contributed by atoms with Crippen LogP contribution in [0.2, 0.25) is 5.02 Å². The Morgan fingerprint density at radius 1 is 1.57 bits per heavy atom. The predicted molar refractivity (Wildman–Crippen MR) is 52.1 cm³/mol. The SMILES string of the molecule is Cc1cc(F)c(Cl)cc1CCC(=O)O. The lowest BCUT2D eigenvalue weighted by Gasteiger charge is -2.05. The van der Waals surface area contributed by atoms with Crippen molar-refractivity contribution in [1.82, 2.24) is 0 Å². The van der Waals surface area contributed by atoms with E-state index < -0.39 is 11.8 Å². The van der Waals surface area contributed by atoms with Gasteiger partial charge >= 0.3 is 5.97 Å². The lowest BCUT2D eigenvalue weighted by atomic mass is 10.0. The van der Waals surface area contributed by atoms with Gasteiger partial charge in [0.2, 0.25) is 0 Å². The summed E-state index contributed by atoms with van der Waals surface area (Å²) < 4.78 is 12.9. The van der Waals surface area contributed by atoms with Crippen LogP contribution in [-0.4, -0.2) is 11.1 Å². The van der Waals surface area contributed by atoms with E-state index in [1.54, 1.807) is 6.92 Å². The topological polar surface area (TPSA) is 37.3 Å². The Bertz CT molecular complexity index is 363. The zero-order valence-corrected chi connectivity index (χ0v) is 8.44. The normalized spacial score (nSPS) is 10.2. The Morgan fingerprint density at radius 3 is 2.79 bits per heavy atom. The van der Waals surface area contributed by atoms with Gasteiger partial charge in [-0.3, -0.25) is 4.79 Å². The van der Waals surface area contributed by atoms with Crippen LogP contribution in [0.15, 0.2) is 12.1 Å². The summed E-state index contributed by atoms with van der Waals surface area (Å²) in [4.78, 5) is 10.3. The quantitative estimate of drug-likeness (QED) is 0.844. The summed E-state index contributed by atoms with van der Waals surface area (Å²) in [5.74, 6) is -1.34. The molecule has 1 rings (SSSR count). The summed E-state index contributed by atoms with van der Waals surface area (Å²) in [7, 11) is 0. The van der Waals surface area contributed by atoms with Crippen LogP contribution in [0, 0.1) is 12.7 Å². The second-order valence-corrected chi connectivity index (χ2v) is 3.49. The van der Waals surface area contributed by atoms with Crippen LogP contribution >= 0.6 is 11.6 Å². The molecule has 0 aromatic heterocycles. The van der Waals surface area contributed by atoms with Crippen LogP contribution in [0.4, 0.5) is 4.39 Å². The maximum Gasteiger partial charge on any atom is 0.303 e. The molecule has 0 radical (unpaired) electrons. The Kier molecular flexibility index (Phi) is 3.47. The first kappa shape index (κ1) is 11.0. The summed E-state index contributed by atoms with van der Waals surface area (Å²) in [5.41, 5.74) is 1.51. The van der Waals surface area contributed by atoms with E-state index in [1.807, 2.05) is 0 Å². The third-order valence-electron chi connectivity index (χ3n) is 1.99. The maximum absolute atomic E-state index is 12.9. The zero-order valence-electron chi connectivity index (χ0n) is 7.68. The minimum Gasteiger partial charge on any atom is -0.481 e. The summed E-state index contributed by atoms with van der Waals surface area (Å²) in [6, 6.07) is 2.80. The van der Waals surface area contributed by atoms with Gasteiger partial charge in [0.1, 0.15) is 5.82 Å². The molecule has 0 unspecified atom stereocenters. The molecule has 0 saturated carbocycles. The van der Waals surface area contributed by atoms with E-state index in [1.165, 1.54) is 12.1 Å². The van der Waals surface area contributed by atoms with Gasteiger partial charge in [-0.25, -0.2) is 4.39 Å². The Labute approximate surface area is 86.3 Å². The molecule has 0 heterocycles. The van der Waals surface area contributed by atoms with Crippen molar-refractivity contribution in [2.45, 2.75) is 19.8 Å². The molecule has 0 atom stereocenters. The largest absolute Gasteiger partial charge is 0.481 e. The highest BCUT2D eigenvalue weighted by Crippen LogP contribution is 2.20. The highest BCUT2D eigenvalue weighted by atomic mass is 35.5. The molecule has 0 amide bonds. The van der Waals surface area contributed by atoms with Crippen LogP contribution in [0.25, 0.3) is 0 Å². The van der Waals surface area contributed by atoms with E-state index in [9.17, 15) is 9.18 Å².